The summed E-state index contributed by atoms with van der Waals surface area (Å²) < 4.78 is 0. The summed E-state index contributed by atoms with van der Waals surface area (Å²) in [4.78, 5) is 0. The van der Waals surface area contributed by atoms with Gasteiger partial charge in [-0.2, -0.15) is 0 Å². The van der Waals surface area contributed by atoms with E-state index in [2.05, 4.69) is 58.9 Å². The summed E-state index contributed by atoms with van der Waals surface area (Å²) in [7, 11) is 0. The van der Waals surface area contributed by atoms with E-state index in [0.29, 0.717) is 16.7 Å². The van der Waals surface area contributed by atoms with Gasteiger partial charge < -0.3 is 0 Å². The maximum absolute atomic E-state index is 2.46. The topological polar surface area (TPSA) is 0 Å². The van der Waals surface area contributed by atoms with Gasteiger partial charge in [0.2, 0.25) is 0 Å². The molecular formula is C24H38. The summed E-state index contributed by atoms with van der Waals surface area (Å²) >= 11 is 0. The van der Waals surface area contributed by atoms with Crippen LogP contribution in [0.1, 0.15) is 109 Å². The molecule has 0 heteroatoms. The molecule has 0 radical (unpaired) electrons. The van der Waals surface area contributed by atoms with Crippen LogP contribution in [0, 0.1) is 10.8 Å². The van der Waals surface area contributed by atoms with Crippen LogP contribution in [0.25, 0.3) is 0 Å². The summed E-state index contributed by atoms with van der Waals surface area (Å²) in [5, 5.41) is 0. The molecule has 3 rings (SSSR count). The Hall–Kier alpha value is -0.780. The lowest BCUT2D eigenvalue weighted by Gasteiger charge is -2.41. The number of hydrogen-bond donors (Lipinski definition) is 0. The Labute approximate surface area is 150 Å². The fourth-order valence-corrected chi connectivity index (χ4v) is 6.06. The van der Waals surface area contributed by atoms with Gasteiger partial charge in [-0.15, -0.1) is 0 Å². The highest BCUT2D eigenvalue weighted by Gasteiger charge is 2.55. The minimum absolute atomic E-state index is 0.259. The SMILES string of the molecule is CCC12CCCC1(CCC(C)c1ccc(C(C)(C)C)cc1)CCC2. The van der Waals surface area contributed by atoms with Gasteiger partial charge in [-0.1, -0.05) is 71.7 Å². The van der Waals surface area contributed by atoms with E-state index in [1.165, 1.54) is 68.9 Å². The zero-order valence-corrected chi connectivity index (χ0v) is 16.8. The van der Waals surface area contributed by atoms with Crippen molar-refractivity contribution in [2.24, 2.45) is 10.8 Å². The minimum Gasteiger partial charge on any atom is -0.0648 e. The molecule has 0 amide bonds. The van der Waals surface area contributed by atoms with Crippen LogP contribution in [0.4, 0.5) is 0 Å². The average molecular weight is 327 g/mol. The van der Waals surface area contributed by atoms with Gasteiger partial charge in [-0.25, -0.2) is 0 Å². The molecule has 1 atom stereocenters. The molecule has 0 saturated heterocycles. The first-order chi connectivity index (χ1) is 11.3. The lowest BCUT2D eigenvalue weighted by atomic mass is 9.63. The molecule has 2 aliphatic rings. The lowest BCUT2D eigenvalue weighted by molar-refractivity contribution is 0.0892. The van der Waals surface area contributed by atoms with Gasteiger partial charge in [0.05, 0.1) is 0 Å². The van der Waals surface area contributed by atoms with Gasteiger partial charge >= 0.3 is 0 Å². The van der Waals surface area contributed by atoms with Crippen LogP contribution >= 0.6 is 0 Å². The van der Waals surface area contributed by atoms with Crippen LogP contribution in [0.3, 0.4) is 0 Å². The zero-order valence-electron chi connectivity index (χ0n) is 16.8. The monoisotopic (exact) mass is 326 g/mol. The van der Waals surface area contributed by atoms with E-state index in [-0.39, 0.29) is 5.41 Å². The third-order valence-corrected chi connectivity index (χ3v) is 7.82. The first kappa shape index (κ1) is 18.0. The van der Waals surface area contributed by atoms with Crippen LogP contribution < -0.4 is 0 Å². The van der Waals surface area contributed by atoms with Gasteiger partial charge in [0.15, 0.2) is 0 Å². The highest BCUT2D eigenvalue weighted by atomic mass is 14.6. The third-order valence-electron chi connectivity index (χ3n) is 7.82. The van der Waals surface area contributed by atoms with E-state index in [1.807, 2.05) is 0 Å². The highest BCUT2D eigenvalue weighted by molar-refractivity contribution is 5.29. The first-order valence-electron chi connectivity index (χ1n) is 10.4. The molecule has 1 aromatic rings. The zero-order chi connectivity index (χ0) is 17.4. The Morgan fingerprint density at radius 2 is 1.46 bits per heavy atom. The van der Waals surface area contributed by atoms with Gasteiger partial charge in [0.1, 0.15) is 0 Å². The summed E-state index contributed by atoms with van der Waals surface area (Å²) in [5.74, 6) is 0.698. The number of fused-ring (bicyclic) bond motifs is 1. The van der Waals surface area contributed by atoms with Gasteiger partial charge in [0.25, 0.3) is 0 Å². The van der Waals surface area contributed by atoms with Crippen molar-refractivity contribution in [3.8, 4) is 0 Å². The van der Waals surface area contributed by atoms with Gasteiger partial charge in [-0.3, -0.25) is 0 Å². The molecule has 0 aromatic heterocycles. The van der Waals surface area contributed by atoms with E-state index in [9.17, 15) is 0 Å². The molecule has 134 valence electrons. The van der Waals surface area contributed by atoms with Crippen LogP contribution in [0.5, 0.6) is 0 Å². The molecule has 2 fully saturated rings. The minimum atomic E-state index is 0.259. The molecule has 0 aliphatic heterocycles. The van der Waals surface area contributed by atoms with Crippen molar-refractivity contribution in [3.05, 3.63) is 35.4 Å². The Kier molecular flexibility index (Phi) is 4.89. The molecule has 0 nitrogen and oxygen atoms in total. The van der Waals surface area contributed by atoms with Crippen molar-refractivity contribution >= 4 is 0 Å². The molecular weight excluding hydrogens is 288 g/mol. The van der Waals surface area contributed by atoms with Crippen LogP contribution in [0.2, 0.25) is 0 Å². The summed E-state index contributed by atoms with van der Waals surface area (Å²) in [6.45, 7) is 11.8. The van der Waals surface area contributed by atoms with Crippen LogP contribution in [-0.2, 0) is 5.41 Å². The maximum atomic E-state index is 2.46. The number of rotatable bonds is 5. The van der Waals surface area contributed by atoms with Gasteiger partial charge in [-0.05, 0) is 78.2 Å². The van der Waals surface area contributed by atoms with Gasteiger partial charge in [0, 0.05) is 0 Å². The molecule has 2 saturated carbocycles. The Bertz CT molecular complexity index is 532. The van der Waals surface area contributed by atoms with Crippen LogP contribution in [-0.4, -0.2) is 0 Å². The van der Waals surface area contributed by atoms with E-state index in [1.54, 1.807) is 0 Å². The highest BCUT2D eigenvalue weighted by Crippen LogP contribution is 2.66. The smallest absolute Gasteiger partial charge is 0.0132 e. The van der Waals surface area contributed by atoms with E-state index in [4.69, 9.17) is 0 Å². The second-order valence-electron chi connectivity index (χ2n) is 9.93. The summed E-state index contributed by atoms with van der Waals surface area (Å²) in [6, 6.07) is 9.48. The van der Waals surface area contributed by atoms with Crippen molar-refractivity contribution in [2.45, 2.75) is 104 Å². The first-order valence-corrected chi connectivity index (χ1v) is 10.4. The molecule has 1 aromatic carbocycles. The van der Waals surface area contributed by atoms with E-state index in [0.717, 1.165) is 0 Å². The third kappa shape index (κ3) is 3.06. The standard InChI is InChI=1S/C24H38/c1-6-23-14-7-16-24(23,17-8-15-23)18-13-19(2)20-9-11-21(12-10-20)22(3,4)5/h9-12,19H,6-8,13-18H2,1-5H3. The average Bonchev–Trinajstić information content (AvgIpc) is 3.07. The largest absolute Gasteiger partial charge is 0.0648 e. The molecule has 0 bridgehead atoms. The number of hydrogen-bond acceptors (Lipinski definition) is 0. The second kappa shape index (κ2) is 6.50. The second-order valence-corrected chi connectivity index (χ2v) is 9.93. The van der Waals surface area contributed by atoms with E-state index >= 15 is 0 Å². The molecule has 0 heterocycles. The molecule has 0 spiro atoms. The molecule has 0 N–H and O–H groups in total. The molecule has 2 aliphatic carbocycles. The van der Waals surface area contributed by atoms with Crippen molar-refractivity contribution < 1.29 is 0 Å². The maximum Gasteiger partial charge on any atom is -0.0132 e. The summed E-state index contributed by atoms with van der Waals surface area (Å²) in [6.07, 6.45) is 13.3. The van der Waals surface area contributed by atoms with Crippen LogP contribution in [0.15, 0.2) is 24.3 Å². The predicted octanol–water partition coefficient (Wildman–Crippen LogP) is 7.62. The Morgan fingerprint density at radius 1 is 0.917 bits per heavy atom. The fraction of sp³-hybridized carbons (Fsp3) is 0.750. The summed E-state index contributed by atoms with van der Waals surface area (Å²) in [5.41, 5.74) is 4.66. The Balaban J connectivity index is 1.66. The van der Waals surface area contributed by atoms with Crippen molar-refractivity contribution in [3.63, 3.8) is 0 Å². The molecule has 24 heavy (non-hydrogen) atoms. The predicted molar refractivity (Wildman–Crippen MR) is 106 cm³/mol. The number of benzene rings is 1. The van der Waals surface area contributed by atoms with Crippen molar-refractivity contribution in [1.29, 1.82) is 0 Å². The van der Waals surface area contributed by atoms with Crippen molar-refractivity contribution in [2.75, 3.05) is 0 Å². The van der Waals surface area contributed by atoms with Crippen molar-refractivity contribution in [1.82, 2.24) is 0 Å². The fourth-order valence-electron chi connectivity index (χ4n) is 6.06. The normalized spacial score (nSPS) is 31.2. The lowest BCUT2D eigenvalue weighted by Crippen LogP contribution is -2.32. The quantitative estimate of drug-likeness (QED) is 0.522. The van der Waals surface area contributed by atoms with E-state index < -0.39 is 0 Å². The Morgan fingerprint density at radius 3 is 1.96 bits per heavy atom. The molecule has 1 unspecified atom stereocenters.